The topological polar surface area (TPSA) is 99.9 Å². The van der Waals surface area contributed by atoms with E-state index in [1.807, 2.05) is 19.9 Å². The Morgan fingerprint density at radius 1 is 1.24 bits per heavy atom. The summed E-state index contributed by atoms with van der Waals surface area (Å²) in [5.41, 5.74) is 0.882. The van der Waals surface area contributed by atoms with Gasteiger partial charge in [-0.05, 0) is 37.0 Å². The predicted octanol–water partition coefficient (Wildman–Crippen LogP) is 4.17. The predicted molar refractivity (Wildman–Crippen MR) is 125 cm³/mol. The van der Waals surface area contributed by atoms with Gasteiger partial charge >= 0.3 is 0 Å². The molecule has 3 heterocycles. The summed E-state index contributed by atoms with van der Waals surface area (Å²) in [5, 5.41) is 24.8. The van der Waals surface area contributed by atoms with Gasteiger partial charge in [-0.25, -0.2) is 14.4 Å². The minimum Gasteiger partial charge on any atom is -0.389 e. The summed E-state index contributed by atoms with van der Waals surface area (Å²) in [6.07, 6.45) is 4.57. The second-order valence-electron chi connectivity index (χ2n) is 9.75. The van der Waals surface area contributed by atoms with Crippen LogP contribution in [0.2, 0.25) is 5.02 Å². The lowest BCUT2D eigenvalue weighted by Gasteiger charge is -2.32. The van der Waals surface area contributed by atoms with Crippen molar-refractivity contribution in [3.05, 3.63) is 34.7 Å². The second-order valence-corrected chi connectivity index (χ2v) is 10.2. The highest BCUT2D eigenvalue weighted by Crippen LogP contribution is 2.49. The Morgan fingerprint density at radius 3 is 2.73 bits per heavy atom. The van der Waals surface area contributed by atoms with E-state index < -0.39 is 22.9 Å². The lowest BCUT2D eigenvalue weighted by atomic mass is 9.73. The fourth-order valence-electron chi connectivity index (χ4n) is 5.28. The van der Waals surface area contributed by atoms with Gasteiger partial charge in [-0.3, -0.25) is 4.99 Å². The maximum atomic E-state index is 15.3. The van der Waals surface area contributed by atoms with E-state index in [9.17, 15) is 10.2 Å². The van der Waals surface area contributed by atoms with Crippen LogP contribution in [0.4, 0.5) is 16.0 Å². The van der Waals surface area contributed by atoms with Crippen LogP contribution in [0.3, 0.4) is 0 Å². The molecule has 1 saturated carbocycles. The monoisotopic (exact) mass is 474 g/mol. The maximum absolute atomic E-state index is 15.3. The third-order valence-electron chi connectivity index (χ3n) is 7.08. The number of halogens is 2. The normalized spacial score (nSPS) is 25.6. The number of nitrogens with zero attached hydrogens (tertiary/aromatic N) is 3. The van der Waals surface area contributed by atoms with Gasteiger partial charge in [0.05, 0.1) is 41.4 Å². The Morgan fingerprint density at radius 2 is 2.00 bits per heavy atom. The van der Waals surface area contributed by atoms with E-state index in [1.54, 1.807) is 0 Å². The molecule has 0 spiro atoms. The minimum atomic E-state index is -0.997. The highest BCUT2D eigenvalue weighted by molar-refractivity contribution is 6.33. The number of anilines is 1. The molecule has 3 aliphatic rings. The molecule has 1 aliphatic carbocycles. The molecule has 0 radical (unpaired) electrons. The number of nitrogens with one attached hydrogen (secondary N) is 1. The van der Waals surface area contributed by atoms with Crippen LogP contribution in [-0.4, -0.2) is 56.9 Å². The molecule has 1 aromatic heterocycles. The van der Waals surface area contributed by atoms with Crippen molar-refractivity contribution in [2.45, 2.75) is 69.1 Å². The average molecular weight is 475 g/mol. The zero-order chi connectivity index (χ0) is 23.4. The second kappa shape index (κ2) is 8.27. The van der Waals surface area contributed by atoms with E-state index in [2.05, 4.69) is 20.3 Å². The summed E-state index contributed by atoms with van der Waals surface area (Å²) in [6, 6.07) is 2.99. The van der Waals surface area contributed by atoms with E-state index in [1.165, 1.54) is 12.3 Å². The molecule has 5 rings (SSSR count). The van der Waals surface area contributed by atoms with Crippen LogP contribution in [0.5, 0.6) is 0 Å². The molecule has 3 N–H and O–H groups in total. The van der Waals surface area contributed by atoms with Crippen LogP contribution < -0.4 is 5.32 Å². The lowest BCUT2D eigenvalue weighted by molar-refractivity contribution is -0.0136. The number of hydrogen-bond donors (Lipinski definition) is 3. The first-order valence-electron chi connectivity index (χ1n) is 11.4. The molecular formula is C24H28ClFN4O3. The van der Waals surface area contributed by atoms with Crippen molar-refractivity contribution in [3.63, 3.8) is 0 Å². The number of rotatable bonds is 4. The summed E-state index contributed by atoms with van der Waals surface area (Å²) < 4.78 is 20.6. The minimum absolute atomic E-state index is 0.244. The molecule has 1 unspecified atom stereocenters. The van der Waals surface area contributed by atoms with Crippen molar-refractivity contribution >= 4 is 28.9 Å². The summed E-state index contributed by atoms with van der Waals surface area (Å²) >= 11 is 6.42. The number of ether oxygens (including phenoxy) is 1. The summed E-state index contributed by atoms with van der Waals surface area (Å²) in [5.74, 6) is -0.172. The van der Waals surface area contributed by atoms with Crippen LogP contribution in [-0.2, 0) is 10.2 Å². The quantitative estimate of drug-likeness (QED) is 0.615. The van der Waals surface area contributed by atoms with Gasteiger partial charge in [-0.15, -0.1) is 0 Å². The maximum Gasteiger partial charge on any atom is 0.223 e. The molecule has 2 aliphatic heterocycles. The SMILES string of the molecule is CC1(C)C(C2(O)CCCC2)=Nc2c(F)cc(-c3nc(NC4CCOC[C@H]4O)ncc3Cl)cc21. The fourth-order valence-corrected chi connectivity index (χ4v) is 5.48. The van der Waals surface area contributed by atoms with Crippen molar-refractivity contribution in [3.8, 4) is 11.3 Å². The number of hydrogen-bond acceptors (Lipinski definition) is 7. The average Bonchev–Trinajstić information content (AvgIpc) is 3.33. The van der Waals surface area contributed by atoms with Crippen LogP contribution in [0.1, 0.15) is 51.5 Å². The van der Waals surface area contributed by atoms with Crippen molar-refractivity contribution in [2.24, 2.45) is 4.99 Å². The van der Waals surface area contributed by atoms with Gasteiger partial charge in [0.1, 0.15) is 17.1 Å². The van der Waals surface area contributed by atoms with Crippen molar-refractivity contribution in [1.82, 2.24) is 9.97 Å². The fraction of sp³-hybridized carbons (Fsp3) is 0.542. The number of aliphatic hydroxyl groups excluding tert-OH is 1. The molecule has 33 heavy (non-hydrogen) atoms. The van der Waals surface area contributed by atoms with Gasteiger partial charge in [0.25, 0.3) is 0 Å². The first-order chi connectivity index (χ1) is 15.7. The summed E-state index contributed by atoms with van der Waals surface area (Å²) in [6.45, 7) is 4.73. The Labute approximate surface area is 197 Å². The number of aliphatic imine (C=N–C) groups is 1. The Bertz CT molecular complexity index is 1120. The van der Waals surface area contributed by atoms with Crippen LogP contribution in [0.25, 0.3) is 11.3 Å². The molecular weight excluding hydrogens is 447 g/mol. The number of aromatic nitrogens is 2. The molecule has 2 aromatic rings. The molecule has 176 valence electrons. The van der Waals surface area contributed by atoms with Gasteiger partial charge in [0, 0.05) is 17.6 Å². The molecule has 7 nitrogen and oxygen atoms in total. The largest absolute Gasteiger partial charge is 0.389 e. The third kappa shape index (κ3) is 3.93. The van der Waals surface area contributed by atoms with Crippen LogP contribution >= 0.6 is 11.6 Å². The van der Waals surface area contributed by atoms with E-state index in [-0.39, 0.29) is 18.3 Å². The first-order valence-corrected chi connectivity index (χ1v) is 11.8. The molecule has 2 fully saturated rings. The molecule has 0 bridgehead atoms. The Hall–Kier alpha value is -2.13. The van der Waals surface area contributed by atoms with Crippen LogP contribution in [0, 0.1) is 5.82 Å². The highest BCUT2D eigenvalue weighted by atomic mass is 35.5. The van der Waals surface area contributed by atoms with E-state index >= 15 is 4.39 Å². The van der Waals surface area contributed by atoms with Gasteiger partial charge < -0.3 is 20.3 Å². The smallest absolute Gasteiger partial charge is 0.223 e. The number of fused-ring (bicyclic) bond motifs is 1. The van der Waals surface area contributed by atoms with Crippen molar-refractivity contribution in [2.75, 3.05) is 18.5 Å². The van der Waals surface area contributed by atoms with Gasteiger partial charge in [0.15, 0.2) is 0 Å². The first kappa shape index (κ1) is 22.7. The van der Waals surface area contributed by atoms with Gasteiger partial charge in [0.2, 0.25) is 5.95 Å². The van der Waals surface area contributed by atoms with Crippen molar-refractivity contribution in [1.29, 1.82) is 0 Å². The summed E-state index contributed by atoms with van der Waals surface area (Å²) in [7, 11) is 0. The number of aliphatic hydroxyl groups is 2. The van der Waals surface area contributed by atoms with Gasteiger partial charge in [-0.2, -0.15) is 0 Å². The molecule has 1 aromatic carbocycles. The molecule has 1 saturated heterocycles. The van der Waals surface area contributed by atoms with Gasteiger partial charge in [-0.1, -0.05) is 38.3 Å². The number of benzene rings is 1. The van der Waals surface area contributed by atoms with E-state index in [4.69, 9.17) is 16.3 Å². The van der Waals surface area contributed by atoms with Crippen LogP contribution in [0.15, 0.2) is 23.3 Å². The zero-order valence-electron chi connectivity index (χ0n) is 18.7. The third-order valence-corrected chi connectivity index (χ3v) is 7.36. The Kier molecular flexibility index (Phi) is 5.68. The van der Waals surface area contributed by atoms with E-state index in [0.29, 0.717) is 59.4 Å². The molecule has 0 amide bonds. The summed E-state index contributed by atoms with van der Waals surface area (Å²) in [4.78, 5) is 13.4. The highest BCUT2D eigenvalue weighted by Gasteiger charge is 2.48. The molecule has 2 atom stereocenters. The lowest BCUT2D eigenvalue weighted by Crippen LogP contribution is -2.44. The Balaban J connectivity index is 1.50. The van der Waals surface area contributed by atoms with E-state index in [0.717, 1.165) is 12.8 Å². The van der Waals surface area contributed by atoms with Crippen molar-refractivity contribution < 1.29 is 19.3 Å². The zero-order valence-corrected chi connectivity index (χ0v) is 19.5. The molecule has 9 heteroatoms. The standard InChI is InChI=1S/C24H28ClFN4O3/c1-23(2)14-9-13(10-16(26)20(14)29-21(23)24(32)6-3-4-7-24)19-15(25)11-27-22(30-19)28-17-5-8-33-12-18(17)31/h9-11,17-18,31-32H,3-8,12H2,1-2H3,(H,27,28,30)/t17?,18-/m1/s1.